The van der Waals surface area contributed by atoms with Crippen LogP contribution in [0.2, 0.25) is 10.2 Å². The molecule has 22 heavy (non-hydrogen) atoms. The summed E-state index contributed by atoms with van der Waals surface area (Å²) in [6.45, 7) is 2.83. The molecular formula is C16H13Cl2N3O. The summed E-state index contributed by atoms with van der Waals surface area (Å²) in [5, 5.41) is 10.2. The summed E-state index contributed by atoms with van der Waals surface area (Å²) in [7, 11) is 0. The number of morpholine rings is 1. The zero-order valence-corrected chi connectivity index (χ0v) is 13.2. The molecule has 0 aliphatic carbocycles. The first-order valence-electron chi connectivity index (χ1n) is 6.88. The Morgan fingerprint density at radius 3 is 2.64 bits per heavy atom. The molecule has 1 fully saturated rings. The number of anilines is 1. The van der Waals surface area contributed by atoms with E-state index in [-0.39, 0.29) is 5.15 Å². The average Bonchev–Trinajstić information content (AvgIpc) is 2.55. The quantitative estimate of drug-likeness (QED) is 0.785. The van der Waals surface area contributed by atoms with Crippen molar-refractivity contribution in [3.8, 4) is 17.2 Å². The van der Waals surface area contributed by atoms with Crippen LogP contribution in [-0.2, 0) is 4.74 Å². The smallest absolute Gasteiger partial charge is 0.149 e. The number of nitrogens with zero attached hydrogens (tertiary/aromatic N) is 3. The second-order valence-electron chi connectivity index (χ2n) is 4.92. The molecule has 1 saturated heterocycles. The van der Waals surface area contributed by atoms with E-state index in [9.17, 15) is 5.26 Å². The highest BCUT2D eigenvalue weighted by molar-refractivity contribution is 6.31. The van der Waals surface area contributed by atoms with Crippen LogP contribution in [0.15, 0.2) is 30.3 Å². The molecule has 0 radical (unpaired) electrons. The highest BCUT2D eigenvalue weighted by Crippen LogP contribution is 2.32. The molecule has 0 atom stereocenters. The van der Waals surface area contributed by atoms with Crippen LogP contribution in [0, 0.1) is 11.3 Å². The molecule has 2 aromatic rings. The van der Waals surface area contributed by atoms with Gasteiger partial charge in [-0.3, -0.25) is 0 Å². The maximum atomic E-state index is 9.39. The molecule has 3 rings (SSSR count). The molecule has 0 saturated carbocycles. The van der Waals surface area contributed by atoms with Gasteiger partial charge in [-0.15, -0.1) is 0 Å². The Morgan fingerprint density at radius 2 is 1.95 bits per heavy atom. The minimum Gasteiger partial charge on any atom is -0.378 e. The van der Waals surface area contributed by atoms with Gasteiger partial charge in [0, 0.05) is 23.7 Å². The van der Waals surface area contributed by atoms with Crippen molar-refractivity contribution in [1.29, 1.82) is 5.26 Å². The normalized spacial score (nSPS) is 14.7. The number of aromatic nitrogens is 1. The Bertz CT molecular complexity index is 737. The van der Waals surface area contributed by atoms with E-state index in [1.165, 1.54) is 0 Å². The van der Waals surface area contributed by atoms with E-state index in [2.05, 4.69) is 16.0 Å². The lowest BCUT2D eigenvalue weighted by Crippen LogP contribution is -2.36. The van der Waals surface area contributed by atoms with E-state index < -0.39 is 0 Å². The number of halogens is 2. The summed E-state index contributed by atoms with van der Waals surface area (Å²) in [6.07, 6.45) is 0. The summed E-state index contributed by atoms with van der Waals surface area (Å²) < 4.78 is 5.35. The van der Waals surface area contributed by atoms with Crippen molar-refractivity contribution < 1.29 is 4.74 Å². The minimum absolute atomic E-state index is 0.210. The molecule has 0 bridgehead atoms. The third kappa shape index (κ3) is 3.02. The number of rotatable bonds is 2. The van der Waals surface area contributed by atoms with Crippen molar-refractivity contribution in [2.24, 2.45) is 0 Å². The summed E-state index contributed by atoms with van der Waals surface area (Å²) in [6, 6.07) is 11.4. The predicted octanol–water partition coefficient (Wildman–Crippen LogP) is 3.76. The van der Waals surface area contributed by atoms with Crippen LogP contribution in [0.3, 0.4) is 0 Å². The molecule has 1 aromatic heterocycles. The predicted molar refractivity (Wildman–Crippen MR) is 87.4 cm³/mol. The van der Waals surface area contributed by atoms with E-state index in [1.807, 2.05) is 24.3 Å². The second-order valence-corrected chi connectivity index (χ2v) is 5.71. The van der Waals surface area contributed by atoms with Crippen LogP contribution in [0.25, 0.3) is 11.1 Å². The standard InChI is InChI=1S/C16H13Cl2N3O/c17-12-3-1-2-11(8-12)13-9-15(20-16(18)14(13)10-19)21-4-6-22-7-5-21/h1-3,8-9H,4-7H2. The van der Waals surface area contributed by atoms with Gasteiger partial charge in [-0.2, -0.15) is 5.26 Å². The Balaban J connectivity index is 2.11. The summed E-state index contributed by atoms with van der Waals surface area (Å²) in [4.78, 5) is 6.46. The third-order valence-electron chi connectivity index (χ3n) is 3.54. The number of hydrogen-bond acceptors (Lipinski definition) is 4. The highest BCUT2D eigenvalue weighted by Gasteiger charge is 2.18. The Morgan fingerprint density at radius 1 is 1.18 bits per heavy atom. The SMILES string of the molecule is N#Cc1c(-c2cccc(Cl)c2)cc(N2CCOCC2)nc1Cl. The fourth-order valence-corrected chi connectivity index (χ4v) is 2.87. The second kappa shape index (κ2) is 6.53. The number of nitriles is 1. The van der Waals surface area contributed by atoms with Gasteiger partial charge in [-0.05, 0) is 23.8 Å². The van der Waals surface area contributed by atoms with Gasteiger partial charge in [0.1, 0.15) is 17.0 Å². The molecule has 1 aliphatic heterocycles. The Hall–Kier alpha value is -1.80. The van der Waals surface area contributed by atoms with E-state index in [0.29, 0.717) is 23.8 Å². The van der Waals surface area contributed by atoms with Gasteiger partial charge in [0.15, 0.2) is 0 Å². The minimum atomic E-state index is 0.210. The van der Waals surface area contributed by atoms with Gasteiger partial charge in [0.05, 0.1) is 18.8 Å². The summed E-state index contributed by atoms with van der Waals surface area (Å²) in [5.74, 6) is 0.752. The first-order chi connectivity index (χ1) is 10.7. The Kier molecular flexibility index (Phi) is 4.49. The van der Waals surface area contributed by atoms with Gasteiger partial charge in [0.2, 0.25) is 0 Å². The van der Waals surface area contributed by atoms with Crippen LogP contribution in [0.5, 0.6) is 0 Å². The van der Waals surface area contributed by atoms with Crippen molar-refractivity contribution in [2.45, 2.75) is 0 Å². The van der Waals surface area contributed by atoms with E-state index in [1.54, 1.807) is 6.07 Å². The first kappa shape index (κ1) is 15.1. The Labute approximate surface area is 138 Å². The van der Waals surface area contributed by atoms with E-state index in [0.717, 1.165) is 30.0 Å². The molecule has 0 N–H and O–H groups in total. The maximum Gasteiger partial charge on any atom is 0.149 e. The molecule has 6 heteroatoms. The molecule has 0 amide bonds. The van der Waals surface area contributed by atoms with Crippen LogP contribution in [0.1, 0.15) is 5.56 Å². The largest absolute Gasteiger partial charge is 0.378 e. The maximum absolute atomic E-state index is 9.39. The van der Waals surface area contributed by atoms with Gasteiger partial charge in [-0.1, -0.05) is 35.3 Å². The van der Waals surface area contributed by atoms with Crippen molar-refractivity contribution in [1.82, 2.24) is 4.98 Å². The van der Waals surface area contributed by atoms with Crippen LogP contribution < -0.4 is 4.90 Å². The zero-order valence-electron chi connectivity index (χ0n) is 11.7. The average molecular weight is 334 g/mol. The number of hydrogen-bond donors (Lipinski definition) is 0. The molecule has 4 nitrogen and oxygen atoms in total. The lowest BCUT2D eigenvalue weighted by atomic mass is 10.0. The molecule has 1 aromatic carbocycles. The monoisotopic (exact) mass is 333 g/mol. The molecule has 0 unspecified atom stereocenters. The molecule has 1 aliphatic rings. The highest BCUT2D eigenvalue weighted by atomic mass is 35.5. The lowest BCUT2D eigenvalue weighted by Gasteiger charge is -2.28. The van der Waals surface area contributed by atoms with Crippen LogP contribution in [0.4, 0.5) is 5.82 Å². The first-order valence-corrected chi connectivity index (χ1v) is 7.64. The number of ether oxygens (including phenoxy) is 1. The van der Waals surface area contributed by atoms with Crippen molar-refractivity contribution in [3.05, 3.63) is 46.1 Å². The van der Waals surface area contributed by atoms with Crippen LogP contribution >= 0.6 is 23.2 Å². The molecular weight excluding hydrogens is 321 g/mol. The number of pyridine rings is 1. The number of benzene rings is 1. The fourth-order valence-electron chi connectivity index (χ4n) is 2.45. The van der Waals surface area contributed by atoms with Crippen molar-refractivity contribution in [2.75, 3.05) is 31.2 Å². The van der Waals surface area contributed by atoms with Crippen LogP contribution in [-0.4, -0.2) is 31.3 Å². The van der Waals surface area contributed by atoms with Gasteiger partial charge < -0.3 is 9.64 Å². The summed E-state index contributed by atoms with van der Waals surface area (Å²) >= 11 is 12.3. The molecule has 0 spiro atoms. The topological polar surface area (TPSA) is 49.2 Å². The van der Waals surface area contributed by atoms with Crippen molar-refractivity contribution >= 4 is 29.0 Å². The molecule has 2 heterocycles. The van der Waals surface area contributed by atoms with Gasteiger partial charge in [-0.25, -0.2) is 4.98 Å². The van der Waals surface area contributed by atoms with E-state index >= 15 is 0 Å². The van der Waals surface area contributed by atoms with Gasteiger partial charge in [0.25, 0.3) is 0 Å². The zero-order chi connectivity index (χ0) is 15.5. The molecule has 112 valence electrons. The fraction of sp³-hybridized carbons (Fsp3) is 0.250. The summed E-state index contributed by atoms with van der Waals surface area (Å²) in [5.41, 5.74) is 1.95. The lowest BCUT2D eigenvalue weighted by molar-refractivity contribution is 0.122. The third-order valence-corrected chi connectivity index (χ3v) is 4.05. The van der Waals surface area contributed by atoms with E-state index in [4.69, 9.17) is 27.9 Å². The van der Waals surface area contributed by atoms with Crippen molar-refractivity contribution in [3.63, 3.8) is 0 Å². The van der Waals surface area contributed by atoms with Gasteiger partial charge >= 0.3 is 0 Å².